The summed E-state index contributed by atoms with van der Waals surface area (Å²) in [6, 6.07) is 1.24. The van der Waals surface area contributed by atoms with E-state index in [2.05, 4.69) is 22.0 Å². The Morgan fingerprint density at radius 3 is 3.13 bits per heavy atom. The minimum Gasteiger partial charge on any atom is -0.408 e. The van der Waals surface area contributed by atoms with Gasteiger partial charge in [0.25, 0.3) is 0 Å². The molecule has 1 aliphatic rings. The predicted octanol–water partition coefficient (Wildman–Crippen LogP) is 0.950. The maximum absolute atomic E-state index is 5.56. The second-order valence-electron chi connectivity index (χ2n) is 3.91. The fourth-order valence-corrected chi connectivity index (χ4v) is 2.10. The molecule has 1 unspecified atom stereocenters. The molecule has 1 atom stereocenters. The maximum atomic E-state index is 5.56. The summed E-state index contributed by atoms with van der Waals surface area (Å²) in [5.74, 6) is 0.647. The van der Waals surface area contributed by atoms with Crippen molar-refractivity contribution < 1.29 is 4.42 Å². The van der Waals surface area contributed by atoms with E-state index in [1.807, 2.05) is 0 Å². The molecule has 0 saturated carbocycles. The number of rotatable bonds is 4. The second kappa shape index (κ2) is 4.61. The Kier molecular flexibility index (Phi) is 3.20. The average molecular weight is 210 g/mol. The monoisotopic (exact) mass is 210 g/mol. The standard InChI is InChI=1S/C10H18N4O/c1-2-8-4-3-7-14(8)10-13-12-9(15-10)5-6-11/h8H,2-7,11H2,1H3. The minimum absolute atomic E-state index is 0.554. The molecule has 2 rings (SSSR count). The van der Waals surface area contributed by atoms with Crippen LogP contribution in [0.5, 0.6) is 0 Å². The summed E-state index contributed by atoms with van der Waals surface area (Å²) in [6.45, 7) is 3.78. The van der Waals surface area contributed by atoms with Gasteiger partial charge in [0.1, 0.15) is 0 Å². The molecule has 0 amide bonds. The van der Waals surface area contributed by atoms with Gasteiger partial charge in [-0.2, -0.15) is 0 Å². The number of hydrogen-bond donors (Lipinski definition) is 1. The lowest BCUT2D eigenvalue weighted by atomic mass is 10.2. The van der Waals surface area contributed by atoms with Gasteiger partial charge in [0.2, 0.25) is 5.89 Å². The van der Waals surface area contributed by atoms with Gasteiger partial charge in [0.15, 0.2) is 0 Å². The first-order valence-corrected chi connectivity index (χ1v) is 5.64. The molecule has 1 aromatic heterocycles. The molecule has 0 spiro atoms. The third-order valence-corrected chi connectivity index (χ3v) is 2.91. The quantitative estimate of drug-likeness (QED) is 0.801. The van der Waals surface area contributed by atoms with Crippen LogP contribution in [0.1, 0.15) is 32.1 Å². The van der Waals surface area contributed by atoms with Crippen LogP contribution in [-0.4, -0.2) is 29.3 Å². The Morgan fingerprint density at radius 2 is 2.40 bits per heavy atom. The molecule has 84 valence electrons. The molecular formula is C10H18N4O. The number of nitrogens with zero attached hydrogens (tertiary/aromatic N) is 3. The molecule has 0 bridgehead atoms. The number of anilines is 1. The molecule has 5 heteroatoms. The highest BCUT2D eigenvalue weighted by atomic mass is 16.4. The van der Waals surface area contributed by atoms with Crippen molar-refractivity contribution in [2.45, 2.75) is 38.6 Å². The highest BCUT2D eigenvalue weighted by molar-refractivity contribution is 5.28. The van der Waals surface area contributed by atoms with Crippen molar-refractivity contribution in [1.29, 1.82) is 0 Å². The van der Waals surface area contributed by atoms with E-state index < -0.39 is 0 Å². The van der Waals surface area contributed by atoms with Gasteiger partial charge in [-0.15, -0.1) is 5.10 Å². The van der Waals surface area contributed by atoms with E-state index in [1.54, 1.807) is 0 Å². The lowest BCUT2D eigenvalue weighted by molar-refractivity contribution is 0.474. The minimum atomic E-state index is 0.554. The van der Waals surface area contributed by atoms with Crippen molar-refractivity contribution in [2.24, 2.45) is 5.73 Å². The molecule has 2 N–H and O–H groups in total. The first kappa shape index (κ1) is 10.4. The third kappa shape index (κ3) is 2.12. The second-order valence-corrected chi connectivity index (χ2v) is 3.91. The van der Waals surface area contributed by atoms with Crippen LogP contribution >= 0.6 is 0 Å². The van der Waals surface area contributed by atoms with E-state index in [1.165, 1.54) is 12.8 Å². The van der Waals surface area contributed by atoms with Crippen LogP contribution in [-0.2, 0) is 6.42 Å². The summed E-state index contributed by atoms with van der Waals surface area (Å²) in [7, 11) is 0. The molecular weight excluding hydrogens is 192 g/mol. The van der Waals surface area contributed by atoms with Gasteiger partial charge in [-0.05, 0) is 19.3 Å². The summed E-state index contributed by atoms with van der Waals surface area (Å²) in [4.78, 5) is 2.22. The van der Waals surface area contributed by atoms with E-state index in [0.717, 1.165) is 13.0 Å². The van der Waals surface area contributed by atoms with Crippen LogP contribution in [0, 0.1) is 0 Å². The van der Waals surface area contributed by atoms with Crippen LogP contribution in [0.3, 0.4) is 0 Å². The first-order chi connectivity index (χ1) is 7.35. The number of nitrogens with two attached hydrogens (primary N) is 1. The molecule has 15 heavy (non-hydrogen) atoms. The van der Waals surface area contributed by atoms with Crippen molar-refractivity contribution >= 4 is 6.01 Å². The summed E-state index contributed by atoms with van der Waals surface area (Å²) in [6.07, 6.45) is 4.24. The predicted molar refractivity (Wildman–Crippen MR) is 57.7 cm³/mol. The summed E-state index contributed by atoms with van der Waals surface area (Å²) >= 11 is 0. The normalized spacial score (nSPS) is 21.2. The van der Waals surface area contributed by atoms with E-state index >= 15 is 0 Å². The lowest BCUT2D eigenvalue weighted by Gasteiger charge is -2.20. The Hall–Kier alpha value is -1.10. The van der Waals surface area contributed by atoms with Crippen molar-refractivity contribution in [3.8, 4) is 0 Å². The SMILES string of the molecule is CCC1CCCN1c1nnc(CCN)o1. The third-order valence-electron chi connectivity index (χ3n) is 2.91. The Bertz CT molecular complexity index is 312. The number of hydrogen-bond acceptors (Lipinski definition) is 5. The fraction of sp³-hybridized carbons (Fsp3) is 0.800. The first-order valence-electron chi connectivity index (χ1n) is 5.64. The Morgan fingerprint density at radius 1 is 1.53 bits per heavy atom. The zero-order chi connectivity index (χ0) is 10.7. The summed E-state index contributed by atoms with van der Waals surface area (Å²) < 4.78 is 5.56. The van der Waals surface area contributed by atoms with Crippen LogP contribution in [0.25, 0.3) is 0 Å². The van der Waals surface area contributed by atoms with Gasteiger partial charge in [-0.3, -0.25) is 0 Å². The molecule has 1 aromatic rings. The Balaban J connectivity index is 2.07. The van der Waals surface area contributed by atoms with E-state index in [0.29, 0.717) is 30.9 Å². The zero-order valence-corrected chi connectivity index (χ0v) is 9.15. The van der Waals surface area contributed by atoms with Crippen LogP contribution in [0.2, 0.25) is 0 Å². The van der Waals surface area contributed by atoms with E-state index in [-0.39, 0.29) is 0 Å². The van der Waals surface area contributed by atoms with Gasteiger partial charge < -0.3 is 15.1 Å². The molecule has 1 aliphatic heterocycles. The van der Waals surface area contributed by atoms with Crippen LogP contribution in [0.15, 0.2) is 4.42 Å². The van der Waals surface area contributed by atoms with Crippen molar-refractivity contribution in [3.63, 3.8) is 0 Å². The van der Waals surface area contributed by atoms with E-state index in [9.17, 15) is 0 Å². The van der Waals surface area contributed by atoms with Crippen LogP contribution in [0.4, 0.5) is 6.01 Å². The van der Waals surface area contributed by atoms with Gasteiger partial charge >= 0.3 is 6.01 Å². The molecule has 0 aromatic carbocycles. The van der Waals surface area contributed by atoms with Crippen LogP contribution < -0.4 is 10.6 Å². The Labute approximate surface area is 89.6 Å². The maximum Gasteiger partial charge on any atom is 0.318 e. The number of aromatic nitrogens is 2. The average Bonchev–Trinajstić information content (AvgIpc) is 2.84. The highest BCUT2D eigenvalue weighted by Crippen LogP contribution is 2.25. The van der Waals surface area contributed by atoms with E-state index in [4.69, 9.17) is 10.2 Å². The van der Waals surface area contributed by atoms with Gasteiger partial charge in [0.05, 0.1) is 0 Å². The zero-order valence-electron chi connectivity index (χ0n) is 9.15. The van der Waals surface area contributed by atoms with Gasteiger partial charge in [-0.1, -0.05) is 12.0 Å². The molecule has 5 nitrogen and oxygen atoms in total. The summed E-state index contributed by atoms with van der Waals surface area (Å²) in [5.41, 5.74) is 5.44. The van der Waals surface area contributed by atoms with Crippen molar-refractivity contribution in [1.82, 2.24) is 10.2 Å². The largest absolute Gasteiger partial charge is 0.408 e. The van der Waals surface area contributed by atoms with Gasteiger partial charge in [-0.25, -0.2) is 0 Å². The molecule has 0 radical (unpaired) electrons. The topological polar surface area (TPSA) is 68.2 Å². The molecule has 1 fully saturated rings. The fourth-order valence-electron chi connectivity index (χ4n) is 2.10. The lowest BCUT2D eigenvalue weighted by Crippen LogP contribution is -2.28. The van der Waals surface area contributed by atoms with Crippen molar-refractivity contribution in [2.75, 3.05) is 18.0 Å². The molecule has 1 saturated heterocycles. The molecule has 0 aliphatic carbocycles. The highest BCUT2D eigenvalue weighted by Gasteiger charge is 2.26. The smallest absolute Gasteiger partial charge is 0.318 e. The summed E-state index contributed by atoms with van der Waals surface area (Å²) in [5, 5.41) is 8.05. The van der Waals surface area contributed by atoms with Crippen molar-refractivity contribution in [3.05, 3.63) is 5.89 Å². The van der Waals surface area contributed by atoms with Gasteiger partial charge in [0, 0.05) is 25.6 Å². The molecule has 2 heterocycles.